The van der Waals surface area contributed by atoms with Crippen LogP contribution in [0.15, 0.2) is 23.0 Å². The average Bonchev–Trinajstić information content (AvgIpc) is 2.78. The van der Waals surface area contributed by atoms with Gasteiger partial charge < -0.3 is 15.0 Å². The summed E-state index contributed by atoms with van der Waals surface area (Å²) in [5.74, 6) is 0.700. The molecule has 2 N–H and O–H groups in total. The molecule has 0 aliphatic carbocycles. The molecule has 1 aliphatic heterocycles. The minimum absolute atomic E-state index is 0.0167. The molecule has 4 heteroatoms. The molecule has 0 unspecified atom stereocenters. The number of para-hydroxylation sites is 1. The third-order valence-electron chi connectivity index (χ3n) is 3.01. The predicted molar refractivity (Wildman–Crippen MR) is 63.3 cm³/mol. The molecule has 0 saturated heterocycles. The highest BCUT2D eigenvalue weighted by Gasteiger charge is 2.18. The molecular weight excluding hydrogens is 204 g/mol. The molecule has 0 spiro atoms. The van der Waals surface area contributed by atoms with Crippen molar-refractivity contribution in [3.63, 3.8) is 0 Å². The molecule has 2 heterocycles. The third-order valence-corrected chi connectivity index (χ3v) is 3.01. The molecule has 0 radical (unpaired) electrons. The van der Waals surface area contributed by atoms with Crippen LogP contribution in [-0.2, 0) is 6.42 Å². The number of rotatable bonds is 1. The number of aromatic amines is 1. The standard InChI is InChI=1S/C12H12N2O2/c1-16-9-4-2-3-7-10-8(5-6-13-10)12(15)14-11(7)9/h2-4,13H,5-6H2,1H3,(H,14,15). The van der Waals surface area contributed by atoms with E-state index in [1.165, 1.54) is 0 Å². The molecule has 2 aromatic rings. The predicted octanol–water partition coefficient (Wildman–Crippen LogP) is 1.50. The minimum Gasteiger partial charge on any atom is -0.495 e. The fourth-order valence-electron chi connectivity index (χ4n) is 2.26. The Bertz CT molecular complexity index is 616. The van der Waals surface area contributed by atoms with E-state index in [2.05, 4.69) is 10.3 Å². The van der Waals surface area contributed by atoms with Crippen LogP contribution in [-0.4, -0.2) is 18.6 Å². The number of fused-ring (bicyclic) bond motifs is 3. The summed E-state index contributed by atoms with van der Waals surface area (Å²) in [4.78, 5) is 14.7. The van der Waals surface area contributed by atoms with E-state index in [-0.39, 0.29) is 5.56 Å². The SMILES string of the molecule is COc1cccc2c3c(c(=O)[nH]c12)CCN3. The highest BCUT2D eigenvalue weighted by Crippen LogP contribution is 2.31. The van der Waals surface area contributed by atoms with E-state index < -0.39 is 0 Å². The number of hydrogen-bond acceptors (Lipinski definition) is 3. The lowest BCUT2D eigenvalue weighted by molar-refractivity contribution is 0.419. The molecule has 1 aromatic carbocycles. The molecule has 0 fully saturated rings. The van der Waals surface area contributed by atoms with Crippen molar-refractivity contribution >= 4 is 16.6 Å². The van der Waals surface area contributed by atoms with Crippen molar-refractivity contribution in [2.24, 2.45) is 0 Å². The lowest BCUT2D eigenvalue weighted by Gasteiger charge is -2.08. The van der Waals surface area contributed by atoms with Crippen LogP contribution < -0.4 is 15.6 Å². The first-order valence-corrected chi connectivity index (χ1v) is 5.27. The van der Waals surface area contributed by atoms with E-state index in [1.807, 2.05) is 18.2 Å². The molecule has 16 heavy (non-hydrogen) atoms. The summed E-state index contributed by atoms with van der Waals surface area (Å²) >= 11 is 0. The summed E-state index contributed by atoms with van der Waals surface area (Å²) in [6.07, 6.45) is 0.790. The van der Waals surface area contributed by atoms with Gasteiger partial charge in [0.25, 0.3) is 5.56 Å². The second kappa shape index (κ2) is 3.27. The zero-order valence-electron chi connectivity index (χ0n) is 8.96. The van der Waals surface area contributed by atoms with Gasteiger partial charge in [0.1, 0.15) is 5.75 Å². The molecule has 4 nitrogen and oxygen atoms in total. The van der Waals surface area contributed by atoms with Crippen molar-refractivity contribution in [3.8, 4) is 5.75 Å². The van der Waals surface area contributed by atoms with Crippen LogP contribution in [0.25, 0.3) is 10.9 Å². The first-order chi connectivity index (χ1) is 7.81. The average molecular weight is 216 g/mol. The van der Waals surface area contributed by atoms with Crippen LogP contribution in [0.1, 0.15) is 5.56 Å². The van der Waals surface area contributed by atoms with E-state index in [9.17, 15) is 4.79 Å². The third kappa shape index (κ3) is 1.13. The molecule has 0 bridgehead atoms. The lowest BCUT2D eigenvalue weighted by atomic mass is 10.1. The molecule has 3 rings (SSSR count). The Morgan fingerprint density at radius 3 is 3.06 bits per heavy atom. The Morgan fingerprint density at radius 1 is 1.38 bits per heavy atom. The van der Waals surface area contributed by atoms with Crippen LogP contribution >= 0.6 is 0 Å². The lowest BCUT2D eigenvalue weighted by Crippen LogP contribution is -2.11. The molecule has 1 aliphatic rings. The molecule has 1 aromatic heterocycles. The van der Waals surface area contributed by atoms with Crippen molar-refractivity contribution in [2.75, 3.05) is 19.0 Å². The number of aromatic nitrogens is 1. The van der Waals surface area contributed by atoms with Gasteiger partial charge in [-0.15, -0.1) is 0 Å². The number of ether oxygens (including phenoxy) is 1. The highest BCUT2D eigenvalue weighted by atomic mass is 16.5. The normalized spacial score (nSPS) is 13.6. The molecule has 0 amide bonds. The zero-order valence-corrected chi connectivity index (χ0v) is 8.96. The quantitative estimate of drug-likeness (QED) is 0.759. The maximum atomic E-state index is 11.8. The number of benzene rings is 1. The number of methoxy groups -OCH3 is 1. The van der Waals surface area contributed by atoms with Gasteiger partial charge in [0, 0.05) is 17.5 Å². The minimum atomic E-state index is -0.0167. The van der Waals surface area contributed by atoms with Crippen LogP contribution in [0, 0.1) is 0 Å². The summed E-state index contributed by atoms with van der Waals surface area (Å²) in [7, 11) is 1.60. The molecule has 0 atom stereocenters. The molecular formula is C12H12N2O2. The Morgan fingerprint density at radius 2 is 2.25 bits per heavy atom. The summed E-state index contributed by atoms with van der Waals surface area (Å²) in [5.41, 5.74) is 2.55. The van der Waals surface area contributed by atoms with Gasteiger partial charge in [-0.1, -0.05) is 12.1 Å². The topological polar surface area (TPSA) is 54.1 Å². The number of nitrogens with one attached hydrogen (secondary N) is 2. The van der Waals surface area contributed by atoms with E-state index in [0.29, 0.717) is 5.75 Å². The van der Waals surface area contributed by atoms with Crippen molar-refractivity contribution < 1.29 is 4.74 Å². The zero-order chi connectivity index (χ0) is 11.1. The second-order valence-electron chi connectivity index (χ2n) is 3.87. The first-order valence-electron chi connectivity index (χ1n) is 5.27. The summed E-state index contributed by atoms with van der Waals surface area (Å²) in [6.45, 7) is 0.828. The van der Waals surface area contributed by atoms with Crippen molar-refractivity contribution in [1.82, 2.24) is 4.98 Å². The van der Waals surface area contributed by atoms with E-state index in [0.717, 1.165) is 35.1 Å². The largest absolute Gasteiger partial charge is 0.495 e. The van der Waals surface area contributed by atoms with E-state index in [1.54, 1.807) is 7.11 Å². The Labute approximate surface area is 92.2 Å². The van der Waals surface area contributed by atoms with Gasteiger partial charge in [-0.05, 0) is 12.5 Å². The van der Waals surface area contributed by atoms with Crippen LogP contribution in [0.2, 0.25) is 0 Å². The van der Waals surface area contributed by atoms with Crippen LogP contribution in [0.4, 0.5) is 5.69 Å². The Kier molecular flexibility index (Phi) is 1.89. The monoisotopic (exact) mass is 216 g/mol. The van der Waals surface area contributed by atoms with Crippen molar-refractivity contribution in [3.05, 3.63) is 34.1 Å². The Hall–Kier alpha value is -1.97. The number of H-pyrrole nitrogens is 1. The van der Waals surface area contributed by atoms with Crippen molar-refractivity contribution in [1.29, 1.82) is 0 Å². The second-order valence-corrected chi connectivity index (χ2v) is 3.87. The van der Waals surface area contributed by atoms with Gasteiger partial charge in [-0.25, -0.2) is 0 Å². The smallest absolute Gasteiger partial charge is 0.253 e. The first kappa shape index (κ1) is 9.27. The summed E-state index contributed by atoms with van der Waals surface area (Å²) < 4.78 is 5.24. The van der Waals surface area contributed by atoms with Gasteiger partial charge in [0.2, 0.25) is 0 Å². The fraction of sp³-hybridized carbons (Fsp3) is 0.250. The molecule has 82 valence electrons. The van der Waals surface area contributed by atoms with Gasteiger partial charge >= 0.3 is 0 Å². The Balaban J connectivity index is 2.47. The number of pyridine rings is 1. The maximum Gasteiger partial charge on any atom is 0.253 e. The van der Waals surface area contributed by atoms with Gasteiger partial charge in [-0.2, -0.15) is 0 Å². The van der Waals surface area contributed by atoms with E-state index in [4.69, 9.17) is 4.74 Å². The van der Waals surface area contributed by atoms with E-state index >= 15 is 0 Å². The summed E-state index contributed by atoms with van der Waals surface area (Å²) in [6, 6.07) is 5.77. The fourth-order valence-corrected chi connectivity index (χ4v) is 2.26. The van der Waals surface area contributed by atoms with Crippen molar-refractivity contribution in [2.45, 2.75) is 6.42 Å². The maximum absolute atomic E-state index is 11.8. The van der Waals surface area contributed by atoms with Gasteiger partial charge in [0.15, 0.2) is 0 Å². The molecule has 0 saturated carbocycles. The van der Waals surface area contributed by atoms with Gasteiger partial charge in [0.05, 0.1) is 18.3 Å². The summed E-state index contributed by atoms with van der Waals surface area (Å²) in [5, 5.41) is 4.28. The van der Waals surface area contributed by atoms with Crippen LogP contribution in [0.5, 0.6) is 5.75 Å². The number of hydrogen-bond donors (Lipinski definition) is 2. The van der Waals surface area contributed by atoms with Crippen LogP contribution in [0.3, 0.4) is 0 Å². The number of anilines is 1. The highest BCUT2D eigenvalue weighted by molar-refractivity contribution is 5.96. The van der Waals surface area contributed by atoms with Gasteiger partial charge in [-0.3, -0.25) is 4.79 Å².